The van der Waals surface area contributed by atoms with Crippen molar-refractivity contribution in [1.82, 2.24) is 4.98 Å². The molecule has 0 saturated heterocycles. The van der Waals surface area contributed by atoms with E-state index in [1.165, 1.54) is 0 Å². The van der Waals surface area contributed by atoms with Crippen molar-refractivity contribution in [2.75, 3.05) is 11.2 Å². The van der Waals surface area contributed by atoms with Crippen LogP contribution in [-0.2, 0) is 4.79 Å². The molecule has 0 saturated carbocycles. The van der Waals surface area contributed by atoms with E-state index >= 15 is 0 Å². The van der Waals surface area contributed by atoms with Gasteiger partial charge >= 0.3 is 0 Å². The van der Waals surface area contributed by atoms with Gasteiger partial charge in [0.05, 0.1) is 0 Å². The van der Waals surface area contributed by atoms with Crippen LogP contribution >= 0.6 is 11.6 Å². The van der Waals surface area contributed by atoms with Gasteiger partial charge in [-0.3, -0.25) is 4.79 Å². The molecule has 0 radical (unpaired) electrons. The lowest BCUT2D eigenvalue weighted by atomic mass is 10.3. The van der Waals surface area contributed by atoms with Gasteiger partial charge in [0, 0.05) is 18.5 Å². The largest absolute Gasteiger partial charge is 0.311 e. The van der Waals surface area contributed by atoms with Crippen LogP contribution in [-0.4, -0.2) is 16.8 Å². The van der Waals surface area contributed by atoms with Gasteiger partial charge in [0.2, 0.25) is 5.91 Å². The van der Waals surface area contributed by atoms with Crippen LogP contribution < -0.4 is 5.32 Å². The fraction of sp³-hybridized carbons (Fsp3) is 0.333. The van der Waals surface area contributed by atoms with Gasteiger partial charge in [0.15, 0.2) is 0 Å². The monoisotopic (exact) mass is 198 g/mol. The first-order valence-corrected chi connectivity index (χ1v) is 4.63. The molecule has 4 heteroatoms. The van der Waals surface area contributed by atoms with Gasteiger partial charge in [-0.1, -0.05) is 6.07 Å². The van der Waals surface area contributed by atoms with Crippen LogP contribution in [0.5, 0.6) is 0 Å². The van der Waals surface area contributed by atoms with E-state index in [1.807, 2.05) is 6.07 Å². The number of nitrogens with zero attached hydrogens (tertiary/aromatic N) is 1. The molecule has 0 unspecified atom stereocenters. The standard InChI is InChI=1S/C9H11ClN2O/c10-6-3-5-9(13)12-8-4-1-2-7-11-8/h1-2,4,7H,3,5-6H2,(H,11,12,13). The van der Waals surface area contributed by atoms with Crippen LogP contribution in [0, 0.1) is 0 Å². The van der Waals surface area contributed by atoms with Crippen LogP contribution in [0.4, 0.5) is 5.82 Å². The van der Waals surface area contributed by atoms with E-state index < -0.39 is 0 Å². The number of aromatic nitrogens is 1. The lowest BCUT2D eigenvalue weighted by molar-refractivity contribution is -0.116. The van der Waals surface area contributed by atoms with Gasteiger partial charge in [-0.05, 0) is 18.6 Å². The molecule has 70 valence electrons. The zero-order chi connectivity index (χ0) is 9.52. The Morgan fingerprint density at radius 2 is 2.38 bits per heavy atom. The molecule has 0 aromatic carbocycles. The van der Waals surface area contributed by atoms with Crippen molar-refractivity contribution in [3.05, 3.63) is 24.4 Å². The fourth-order valence-electron chi connectivity index (χ4n) is 0.869. The summed E-state index contributed by atoms with van der Waals surface area (Å²) in [6.45, 7) is 0. The Hall–Kier alpha value is -1.09. The van der Waals surface area contributed by atoms with Crippen LogP contribution in [0.25, 0.3) is 0 Å². The number of pyridine rings is 1. The molecule has 0 aliphatic carbocycles. The lowest BCUT2D eigenvalue weighted by Crippen LogP contribution is -2.12. The molecular formula is C9H11ClN2O. The predicted octanol–water partition coefficient (Wildman–Crippen LogP) is 2.04. The number of alkyl halides is 1. The molecule has 0 atom stereocenters. The molecule has 1 N–H and O–H groups in total. The highest BCUT2D eigenvalue weighted by atomic mass is 35.5. The Balaban J connectivity index is 2.37. The Kier molecular flexibility index (Phi) is 4.26. The Labute approximate surface area is 82.1 Å². The first-order valence-electron chi connectivity index (χ1n) is 4.10. The van der Waals surface area contributed by atoms with Gasteiger partial charge in [-0.25, -0.2) is 4.98 Å². The van der Waals surface area contributed by atoms with Crippen molar-refractivity contribution < 1.29 is 4.79 Å². The molecule has 1 heterocycles. The zero-order valence-corrected chi connectivity index (χ0v) is 7.92. The third-order valence-electron chi connectivity index (χ3n) is 1.47. The van der Waals surface area contributed by atoms with E-state index in [-0.39, 0.29) is 5.91 Å². The minimum Gasteiger partial charge on any atom is -0.311 e. The molecule has 1 rings (SSSR count). The molecule has 0 bridgehead atoms. The molecule has 0 aliphatic rings. The van der Waals surface area contributed by atoms with E-state index in [4.69, 9.17) is 11.6 Å². The first kappa shape index (κ1) is 9.99. The summed E-state index contributed by atoms with van der Waals surface area (Å²) in [7, 11) is 0. The molecular weight excluding hydrogens is 188 g/mol. The number of carbonyl (C=O) groups is 1. The van der Waals surface area contributed by atoms with Crippen molar-refractivity contribution in [3.8, 4) is 0 Å². The third kappa shape index (κ3) is 3.90. The fourth-order valence-corrected chi connectivity index (χ4v) is 1.00. The van der Waals surface area contributed by atoms with Crippen molar-refractivity contribution >= 4 is 23.3 Å². The Morgan fingerprint density at radius 1 is 1.54 bits per heavy atom. The van der Waals surface area contributed by atoms with Gasteiger partial charge in [-0.15, -0.1) is 11.6 Å². The number of anilines is 1. The predicted molar refractivity (Wildman–Crippen MR) is 52.8 cm³/mol. The second kappa shape index (κ2) is 5.54. The summed E-state index contributed by atoms with van der Waals surface area (Å²) in [5, 5.41) is 2.67. The van der Waals surface area contributed by atoms with E-state index in [0.717, 1.165) is 0 Å². The molecule has 13 heavy (non-hydrogen) atoms. The minimum absolute atomic E-state index is 0.0423. The van der Waals surface area contributed by atoms with Gasteiger partial charge in [0.1, 0.15) is 5.82 Å². The summed E-state index contributed by atoms with van der Waals surface area (Å²) in [6, 6.07) is 5.37. The summed E-state index contributed by atoms with van der Waals surface area (Å²) in [5.74, 6) is 1.05. The van der Waals surface area contributed by atoms with Crippen LogP contribution in [0.2, 0.25) is 0 Å². The highest BCUT2D eigenvalue weighted by Gasteiger charge is 2.00. The summed E-state index contributed by atoms with van der Waals surface area (Å²) in [6.07, 6.45) is 2.78. The topological polar surface area (TPSA) is 42.0 Å². The van der Waals surface area contributed by atoms with E-state index in [9.17, 15) is 4.79 Å². The van der Waals surface area contributed by atoms with E-state index in [0.29, 0.717) is 24.5 Å². The molecule has 0 fully saturated rings. The van der Waals surface area contributed by atoms with E-state index in [2.05, 4.69) is 10.3 Å². The number of carbonyl (C=O) groups excluding carboxylic acids is 1. The maximum atomic E-state index is 11.2. The van der Waals surface area contributed by atoms with Crippen molar-refractivity contribution in [1.29, 1.82) is 0 Å². The number of nitrogens with one attached hydrogen (secondary N) is 1. The maximum Gasteiger partial charge on any atom is 0.225 e. The minimum atomic E-state index is -0.0423. The average molecular weight is 199 g/mol. The summed E-state index contributed by atoms with van der Waals surface area (Å²) >= 11 is 5.45. The number of hydrogen-bond acceptors (Lipinski definition) is 2. The Morgan fingerprint density at radius 3 is 3.00 bits per heavy atom. The smallest absolute Gasteiger partial charge is 0.225 e. The summed E-state index contributed by atoms with van der Waals surface area (Å²) < 4.78 is 0. The molecule has 3 nitrogen and oxygen atoms in total. The van der Waals surface area contributed by atoms with Crippen molar-refractivity contribution in [3.63, 3.8) is 0 Å². The van der Waals surface area contributed by atoms with E-state index in [1.54, 1.807) is 18.3 Å². The van der Waals surface area contributed by atoms with Gasteiger partial charge in [-0.2, -0.15) is 0 Å². The molecule has 1 amide bonds. The molecule has 0 aliphatic heterocycles. The molecule has 1 aromatic rings. The Bertz CT molecular complexity index is 264. The maximum absolute atomic E-state index is 11.2. The normalized spacial score (nSPS) is 9.62. The van der Waals surface area contributed by atoms with Crippen LogP contribution in [0.3, 0.4) is 0 Å². The van der Waals surface area contributed by atoms with Gasteiger partial charge in [0.25, 0.3) is 0 Å². The number of halogens is 1. The lowest BCUT2D eigenvalue weighted by Gasteiger charge is -2.01. The summed E-state index contributed by atoms with van der Waals surface area (Å²) in [5.41, 5.74) is 0. The first-order chi connectivity index (χ1) is 6.33. The highest BCUT2D eigenvalue weighted by Crippen LogP contribution is 2.01. The third-order valence-corrected chi connectivity index (χ3v) is 1.74. The highest BCUT2D eigenvalue weighted by molar-refractivity contribution is 6.18. The average Bonchev–Trinajstić information content (AvgIpc) is 2.16. The number of amides is 1. The SMILES string of the molecule is O=C(CCCCl)Nc1ccccn1. The van der Waals surface area contributed by atoms with Gasteiger partial charge < -0.3 is 5.32 Å². The molecule has 0 spiro atoms. The summed E-state index contributed by atoms with van der Waals surface area (Å²) in [4.78, 5) is 15.1. The van der Waals surface area contributed by atoms with Crippen LogP contribution in [0.15, 0.2) is 24.4 Å². The van der Waals surface area contributed by atoms with Crippen molar-refractivity contribution in [2.45, 2.75) is 12.8 Å². The number of hydrogen-bond donors (Lipinski definition) is 1. The second-order valence-corrected chi connectivity index (χ2v) is 2.93. The van der Waals surface area contributed by atoms with Crippen LogP contribution in [0.1, 0.15) is 12.8 Å². The number of rotatable bonds is 4. The molecule has 1 aromatic heterocycles. The zero-order valence-electron chi connectivity index (χ0n) is 7.16. The quantitative estimate of drug-likeness (QED) is 0.753. The second-order valence-electron chi connectivity index (χ2n) is 2.56. The van der Waals surface area contributed by atoms with Crippen molar-refractivity contribution in [2.24, 2.45) is 0 Å².